The van der Waals surface area contributed by atoms with Crippen molar-refractivity contribution in [3.8, 4) is 0 Å². The van der Waals surface area contributed by atoms with E-state index in [4.69, 9.17) is 23.7 Å². The van der Waals surface area contributed by atoms with Crippen molar-refractivity contribution in [1.29, 1.82) is 0 Å². The zero-order chi connectivity index (χ0) is 18.4. The van der Waals surface area contributed by atoms with Gasteiger partial charge >= 0.3 is 23.9 Å². The lowest BCUT2D eigenvalue weighted by Gasteiger charge is -2.43. The lowest BCUT2D eigenvalue weighted by molar-refractivity contribution is -0.286. The van der Waals surface area contributed by atoms with Crippen molar-refractivity contribution in [2.24, 2.45) is 5.92 Å². The molecule has 0 aromatic rings. The van der Waals surface area contributed by atoms with Gasteiger partial charge in [-0.1, -0.05) is 6.92 Å². The molecule has 0 N–H and O–H groups in total. The minimum Gasteiger partial charge on any atom is -0.463 e. The summed E-state index contributed by atoms with van der Waals surface area (Å²) in [5.41, 5.74) is 0. The van der Waals surface area contributed by atoms with E-state index >= 15 is 0 Å². The monoisotopic (exact) mass is 346 g/mol. The Bertz CT molecular complexity index is 501. The van der Waals surface area contributed by atoms with Gasteiger partial charge < -0.3 is 23.7 Å². The van der Waals surface area contributed by atoms with E-state index in [9.17, 15) is 19.2 Å². The Morgan fingerprint density at radius 1 is 0.792 bits per heavy atom. The van der Waals surface area contributed by atoms with E-state index in [2.05, 4.69) is 0 Å². The Hall–Kier alpha value is -2.16. The molecule has 1 fully saturated rings. The van der Waals surface area contributed by atoms with Gasteiger partial charge in [0.2, 0.25) is 12.4 Å². The molecule has 0 amide bonds. The van der Waals surface area contributed by atoms with Crippen LogP contribution in [0.25, 0.3) is 0 Å². The summed E-state index contributed by atoms with van der Waals surface area (Å²) in [6, 6.07) is 0. The number of carbonyl (C=O) groups is 4. The molecule has 9 heteroatoms. The number of esters is 4. The van der Waals surface area contributed by atoms with Crippen molar-refractivity contribution in [3.63, 3.8) is 0 Å². The molecule has 0 bridgehead atoms. The number of hydrogen-bond acceptors (Lipinski definition) is 9. The minimum atomic E-state index is -1.28. The second-order valence-electron chi connectivity index (χ2n) is 5.46. The fraction of sp³-hybridized carbons (Fsp3) is 0.733. The molecular weight excluding hydrogens is 324 g/mol. The lowest BCUT2D eigenvalue weighted by atomic mass is 9.90. The highest BCUT2D eigenvalue weighted by Crippen LogP contribution is 2.31. The van der Waals surface area contributed by atoms with E-state index in [-0.39, 0.29) is 6.61 Å². The van der Waals surface area contributed by atoms with Crippen LogP contribution in [0.5, 0.6) is 0 Å². The highest BCUT2D eigenvalue weighted by Gasteiger charge is 2.49. The molecule has 1 aliphatic rings. The van der Waals surface area contributed by atoms with Gasteiger partial charge in [0.05, 0.1) is 0 Å². The molecule has 24 heavy (non-hydrogen) atoms. The van der Waals surface area contributed by atoms with Gasteiger partial charge in [0.15, 0.2) is 0 Å². The minimum absolute atomic E-state index is 0.126. The lowest BCUT2D eigenvalue weighted by Crippen LogP contribution is -2.58. The second kappa shape index (κ2) is 8.62. The van der Waals surface area contributed by atoms with Gasteiger partial charge in [-0.15, -0.1) is 0 Å². The van der Waals surface area contributed by atoms with Crippen molar-refractivity contribution in [2.75, 3.05) is 6.61 Å². The summed E-state index contributed by atoms with van der Waals surface area (Å²) >= 11 is 0. The average molecular weight is 346 g/mol. The highest BCUT2D eigenvalue weighted by molar-refractivity contribution is 5.68. The Labute approximate surface area is 139 Å². The molecular formula is C15H22O9. The normalized spacial score (nSPS) is 29.3. The van der Waals surface area contributed by atoms with E-state index in [1.807, 2.05) is 0 Å². The highest BCUT2D eigenvalue weighted by atomic mass is 16.7. The van der Waals surface area contributed by atoms with Crippen LogP contribution in [-0.2, 0) is 42.9 Å². The maximum atomic E-state index is 11.4. The first-order chi connectivity index (χ1) is 11.1. The maximum Gasteiger partial charge on any atom is 0.305 e. The molecule has 0 aliphatic carbocycles. The first-order valence-electron chi connectivity index (χ1n) is 7.42. The molecule has 1 rings (SSSR count). The summed E-state index contributed by atoms with van der Waals surface area (Å²) in [4.78, 5) is 45.0. The van der Waals surface area contributed by atoms with Crippen LogP contribution in [0.3, 0.4) is 0 Å². The van der Waals surface area contributed by atoms with Crippen molar-refractivity contribution in [3.05, 3.63) is 0 Å². The van der Waals surface area contributed by atoms with Gasteiger partial charge in [-0.3, -0.25) is 19.2 Å². The second-order valence-corrected chi connectivity index (χ2v) is 5.46. The summed E-state index contributed by atoms with van der Waals surface area (Å²) in [5.74, 6) is -2.91. The third-order valence-electron chi connectivity index (χ3n) is 3.34. The van der Waals surface area contributed by atoms with Crippen molar-refractivity contribution in [1.82, 2.24) is 0 Å². The molecule has 0 spiro atoms. The Kier molecular flexibility index (Phi) is 7.15. The van der Waals surface area contributed by atoms with Crippen LogP contribution in [-0.4, -0.2) is 55.1 Å². The molecule has 0 unspecified atom stereocenters. The standard InChI is InChI=1S/C15H22O9/c1-7-12(6-20-8(2)16)24-15(23-11(5)19)14(22-10(4)18)13(7)21-9(3)17/h7,12-15H,6H2,1-5H3/t7-,12-,13+,14-,15-/m1/s1. The first-order valence-corrected chi connectivity index (χ1v) is 7.42. The topological polar surface area (TPSA) is 114 Å². The zero-order valence-corrected chi connectivity index (χ0v) is 14.3. The van der Waals surface area contributed by atoms with Gasteiger partial charge in [-0.05, 0) is 0 Å². The largest absolute Gasteiger partial charge is 0.463 e. The van der Waals surface area contributed by atoms with E-state index in [0.717, 1.165) is 6.92 Å². The Balaban J connectivity index is 3.07. The predicted octanol–water partition coefficient (Wildman–Crippen LogP) is 0.337. The predicted molar refractivity (Wildman–Crippen MR) is 77.3 cm³/mol. The smallest absolute Gasteiger partial charge is 0.305 e. The zero-order valence-electron chi connectivity index (χ0n) is 14.3. The molecule has 0 saturated carbocycles. The van der Waals surface area contributed by atoms with Crippen LogP contribution in [0.2, 0.25) is 0 Å². The summed E-state index contributed by atoms with van der Waals surface area (Å²) in [6.45, 7) is 6.33. The quantitative estimate of drug-likeness (QED) is 0.513. The van der Waals surface area contributed by atoms with E-state index in [1.54, 1.807) is 6.92 Å². The molecule has 0 aromatic carbocycles. The number of hydrogen-bond donors (Lipinski definition) is 0. The van der Waals surface area contributed by atoms with Gasteiger partial charge in [0.25, 0.3) is 0 Å². The number of rotatable bonds is 5. The maximum absolute atomic E-state index is 11.4. The molecule has 1 saturated heterocycles. The van der Waals surface area contributed by atoms with Crippen molar-refractivity contribution < 1.29 is 42.9 Å². The number of ether oxygens (including phenoxy) is 5. The molecule has 1 heterocycles. The van der Waals surface area contributed by atoms with Gasteiger partial charge in [0, 0.05) is 33.6 Å². The molecule has 1 aliphatic heterocycles. The molecule has 5 atom stereocenters. The van der Waals surface area contributed by atoms with E-state index in [1.165, 1.54) is 20.8 Å². The van der Waals surface area contributed by atoms with Gasteiger partial charge in [0.1, 0.15) is 18.8 Å². The van der Waals surface area contributed by atoms with Crippen molar-refractivity contribution >= 4 is 23.9 Å². The fourth-order valence-corrected chi connectivity index (χ4v) is 2.37. The van der Waals surface area contributed by atoms with Crippen LogP contribution in [0.4, 0.5) is 0 Å². The molecule has 0 radical (unpaired) electrons. The van der Waals surface area contributed by atoms with Gasteiger partial charge in [-0.25, -0.2) is 0 Å². The Morgan fingerprint density at radius 2 is 1.29 bits per heavy atom. The van der Waals surface area contributed by atoms with Crippen LogP contribution < -0.4 is 0 Å². The van der Waals surface area contributed by atoms with Crippen molar-refractivity contribution in [2.45, 2.75) is 59.2 Å². The fourth-order valence-electron chi connectivity index (χ4n) is 2.37. The van der Waals surface area contributed by atoms with Gasteiger partial charge in [-0.2, -0.15) is 0 Å². The SMILES string of the molecule is CC(=O)OC[C@H]1O[C@@H](OC(C)=O)[C@H](OC(C)=O)[C@@H](OC(C)=O)[C@@H]1C. The summed E-state index contributed by atoms with van der Waals surface area (Å²) < 4.78 is 25.9. The Morgan fingerprint density at radius 3 is 1.75 bits per heavy atom. The van der Waals surface area contributed by atoms with Crippen LogP contribution in [0.15, 0.2) is 0 Å². The van der Waals surface area contributed by atoms with E-state index < -0.39 is 54.4 Å². The van der Waals surface area contributed by atoms with Crippen LogP contribution in [0, 0.1) is 5.92 Å². The third kappa shape index (κ3) is 5.80. The number of carbonyl (C=O) groups excluding carboxylic acids is 4. The first kappa shape index (κ1) is 19.9. The third-order valence-corrected chi connectivity index (χ3v) is 3.34. The molecule has 136 valence electrons. The van der Waals surface area contributed by atoms with Crippen LogP contribution in [0.1, 0.15) is 34.6 Å². The summed E-state index contributed by atoms with van der Waals surface area (Å²) in [5, 5.41) is 0. The molecule has 0 aromatic heterocycles. The molecule has 9 nitrogen and oxygen atoms in total. The average Bonchev–Trinajstić information content (AvgIpc) is 2.42. The van der Waals surface area contributed by atoms with Crippen LogP contribution >= 0.6 is 0 Å². The summed E-state index contributed by atoms with van der Waals surface area (Å²) in [7, 11) is 0. The summed E-state index contributed by atoms with van der Waals surface area (Å²) in [6.07, 6.45) is -4.05. The van der Waals surface area contributed by atoms with E-state index in [0.29, 0.717) is 0 Å².